The summed E-state index contributed by atoms with van der Waals surface area (Å²) in [6.07, 6.45) is 4.30. The summed E-state index contributed by atoms with van der Waals surface area (Å²) in [4.78, 5) is 26.4. The number of benzene rings is 1. The Hall–Kier alpha value is -1.84. The van der Waals surface area contributed by atoms with Crippen LogP contribution in [0.15, 0.2) is 30.3 Å². The summed E-state index contributed by atoms with van der Waals surface area (Å²) in [5.74, 6) is 0.210. The molecule has 0 aliphatic rings. The van der Waals surface area contributed by atoms with Crippen LogP contribution in [-0.2, 0) is 15.0 Å². The lowest BCUT2D eigenvalue weighted by molar-refractivity contribution is -0.131. The first-order valence-electron chi connectivity index (χ1n) is 10.4. The molecule has 0 fully saturated rings. The van der Waals surface area contributed by atoms with Crippen molar-refractivity contribution in [1.29, 1.82) is 0 Å². The molecule has 2 amide bonds. The molecule has 0 spiro atoms. The minimum absolute atomic E-state index is 0.00469. The molecule has 1 unspecified atom stereocenters. The molecule has 0 radical (unpaired) electrons. The SMILES string of the molecule is CCCN(CCC)C(=O)CCCC(=O)NC(C)CC(C)(C)c1ccccc1. The number of hydrogen-bond donors (Lipinski definition) is 1. The lowest BCUT2D eigenvalue weighted by Crippen LogP contribution is -2.37. The second kappa shape index (κ2) is 11.8. The maximum atomic E-state index is 12.3. The highest BCUT2D eigenvalue weighted by Gasteiger charge is 2.24. The van der Waals surface area contributed by atoms with Crippen LogP contribution in [0.1, 0.15) is 78.7 Å². The molecule has 1 rings (SSSR count). The van der Waals surface area contributed by atoms with Gasteiger partial charge in [-0.1, -0.05) is 58.0 Å². The number of nitrogens with one attached hydrogen (secondary N) is 1. The maximum absolute atomic E-state index is 12.3. The van der Waals surface area contributed by atoms with E-state index in [9.17, 15) is 9.59 Å². The predicted octanol–water partition coefficient (Wildman–Crippen LogP) is 4.68. The van der Waals surface area contributed by atoms with Gasteiger partial charge in [-0.25, -0.2) is 0 Å². The Labute approximate surface area is 165 Å². The van der Waals surface area contributed by atoms with Gasteiger partial charge in [0.15, 0.2) is 0 Å². The van der Waals surface area contributed by atoms with Crippen molar-refractivity contribution in [3.63, 3.8) is 0 Å². The molecule has 4 nitrogen and oxygen atoms in total. The van der Waals surface area contributed by atoms with E-state index >= 15 is 0 Å². The van der Waals surface area contributed by atoms with Gasteiger partial charge in [0.1, 0.15) is 0 Å². The van der Waals surface area contributed by atoms with E-state index in [2.05, 4.69) is 64.2 Å². The molecule has 0 aromatic heterocycles. The Kier molecular flexibility index (Phi) is 10.1. The van der Waals surface area contributed by atoms with Crippen LogP contribution in [0.2, 0.25) is 0 Å². The van der Waals surface area contributed by atoms with Gasteiger partial charge >= 0.3 is 0 Å². The molecule has 1 aromatic carbocycles. The van der Waals surface area contributed by atoms with E-state index in [0.717, 1.165) is 32.4 Å². The van der Waals surface area contributed by atoms with Gasteiger partial charge < -0.3 is 10.2 Å². The molecule has 0 aliphatic carbocycles. The second-order valence-corrected chi connectivity index (χ2v) is 8.16. The monoisotopic (exact) mass is 374 g/mol. The fourth-order valence-corrected chi connectivity index (χ4v) is 3.63. The molecule has 1 aromatic rings. The van der Waals surface area contributed by atoms with E-state index in [1.165, 1.54) is 5.56 Å². The summed E-state index contributed by atoms with van der Waals surface area (Å²) in [6.45, 7) is 12.3. The molecule has 0 heterocycles. The van der Waals surface area contributed by atoms with Gasteiger partial charge in [0, 0.05) is 32.0 Å². The number of hydrogen-bond acceptors (Lipinski definition) is 2. The van der Waals surface area contributed by atoms with Gasteiger partial charge in [0.2, 0.25) is 11.8 Å². The van der Waals surface area contributed by atoms with Gasteiger partial charge in [0.25, 0.3) is 0 Å². The van der Waals surface area contributed by atoms with Crippen molar-refractivity contribution in [1.82, 2.24) is 10.2 Å². The molecule has 4 heteroatoms. The highest BCUT2D eigenvalue weighted by Crippen LogP contribution is 2.28. The number of rotatable bonds is 12. The van der Waals surface area contributed by atoms with E-state index in [4.69, 9.17) is 0 Å². The summed E-state index contributed by atoms with van der Waals surface area (Å²) in [6, 6.07) is 10.5. The van der Waals surface area contributed by atoms with Crippen molar-refractivity contribution in [2.75, 3.05) is 13.1 Å². The molecule has 1 N–H and O–H groups in total. The zero-order valence-corrected chi connectivity index (χ0v) is 17.9. The Morgan fingerprint density at radius 3 is 2.19 bits per heavy atom. The smallest absolute Gasteiger partial charge is 0.222 e. The molecule has 0 saturated carbocycles. The quantitative estimate of drug-likeness (QED) is 0.577. The van der Waals surface area contributed by atoms with E-state index in [1.807, 2.05) is 11.0 Å². The average Bonchev–Trinajstić information content (AvgIpc) is 2.61. The summed E-state index contributed by atoms with van der Waals surface area (Å²) in [7, 11) is 0. The van der Waals surface area contributed by atoms with E-state index in [1.54, 1.807) is 0 Å². The normalized spacial score (nSPS) is 12.5. The lowest BCUT2D eigenvalue weighted by atomic mass is 9.79. The van der Waals surface area contributed by atoms with Crippen LogP contribution < -0.4 is 5.32 Å². The first-order valence-corrected chi connectivity index (χ1v) is 10.4. The van der Waals surface area contributed by atoms with Gasteiger partial charge in [-0.2, -0.15) is 0 Å². The fraction of sp³-hybridized carbons (Fsp3) is 0.652. The zero-order valence-electron chi connectivity index (χ0n) is 17.9. The van der Waals surface area contributed by atoms with Crippen molar-refractivity contribution in [2.45, 2.75) is 84.6 Å². The number of carbonyl (C=O) groups is 2. The van der Waals surface area contributed by atoms with Crippen molar-refractivity contribution >= 4 is 11.8 Å². The fourth-order valence-electron chi connectivity index (χ4n) is 3.63. The Morgan fingerprint density at radius 2 is 1.63 bits per heavy atom. The minimum Gasteiger partial charge on any atom is -0.354 e. The van der Waals surface area contributed by atoms with Crippen LogP contribution in [0, 0.1) is 0 Å². The Morgan fingerprint density at radius 1 is 1.04 bits per heavy atom. The summed E-state index contributed by atoms with van der Waals surface area (Å²) < 4.78 is 0. The van der Waals surface area contributed by atoms with Gasteiger partial charge in [-0.05, 0) is 43.6 Å². The number of nitrogens with zero attached hydrogens (tertiary/aromatic N) is 1. The van der Waals surface area contributed by atoms with E-state index in [-0.39, 0.29) is 23.3 Å². The van der Waals surface area contributed by atoms with Crippen LogP contribution >= 0.6 is 0 Å². The third kappa shape index (κ3) is 8.59. The highest BCUT2D eigenvalue weighted by molar-refractivity contribution is 5.79. The van der Waals surface area contributed by atoms with Crippen LogP contribution in [0.4, 0.5) is 0 Å². The highest BCUT2D eigenvalue weighted by atomic mass is 16.2. The van der Waals surface area contributed by atoms with Gasteiger partial charge in [-0.15, -0.1) is 0 Å². The second-order valence-electron chi connectivity index (χ2n) is 8.16. The first kappa shape index (κ1) is 23.2. The van der Waals surface area contributed by atoms with Crippen LogP contribution in [0.5, 0.6) is 0 Å². The third-order valence-corrected chi connectivity index (χ3v) is 4.91. The van der Waals surface area contributed by atoms with Gasteiger partial charge in [0.05, 0.1) is 0 Å². The molecular weight excluding hydrogens is 336 g/mol. The van der Waals surface area contributed by atoms with Crippen LogP contribution in [0.25, 0.3) is 0 Å². The number of carbonyl (C=O) groups excluding carboxylic acids is 2. The Balaban J connectivity index is 2.38. The van der Waals surface area contributed by atoms with Crippen molar-refractivity contribution in [2.24, 2.45) is 0 Å². The Bertz CT molecular complexity index is 563. The summed E-state index contributed by atoms with van der Waals surface area (Å²) in [5, 5.41) is 3.10. The minimum atomic E-state index is 0.00469. The standard InChI is InChI=1S/C23H38N2O2/c1-6-16-25(17-7-2)22(27)15-11-14-21(26)24-19(3)18-23(4,5)20-12-9-8-10-13-20/h8-10,12-13,19H,6-7,11,14-18H2,1-5H3,(H,24,26). The van der Waals surface area contributed by atoms with Crippen molar-refractivity contribution < 1.29 is 9.59 Å². The van der Waals surface area contributed by atoms with Gasteiger partial charge in [-0.3, -0.25) is 9.59 Å². The van der Waals surface area contributed by atoms with E-state index < -0.39 is 0 Å². The molecular formula is C23H38N2O2. The maximum Gasteiger partial charge on any atom is 0.222 e. The number of amides is 2. The molecule has 152 valence electrons. The molecule has 0 bridgehead atoms. The topological polar surface area (TPSA) is 49.4 Å². The predicted molar refractivity (Wildman–Crippen MR) is 113 cm³/mol. The summed E-state index contributed by atoms with van der Waals surface area (Å²) >= 11 is 0. The van der Waals surface area contributed by atoms with E-state index in [0.29, 0.717) is 19.3 Å². The largest absolute Gasteiger partial charge is 0.354 e. The molecule has 0 saturated heterocycles. The first-order chi connectivity index (χ1) is 12.8. The molecule has 27 heavy (non-hydrogen) atoms. The zero-order chi connectivity index (χ0) is 20.3. The van der Waals surface area contributed by atoms with Crippen LogP contribution in [-0.4, -0.2) is 35.8 Å². The average molecular weight is 375 g/mol. The van der Waals surface area contributed by atoms with Crippen LogP contribution in [0.3, 0.4) is 0 Å². The van der Waals surface area contributed by atoms with Crippen molar-refractivity contribution in [3.8, 4) is 0 Å². The third-order valence-electron chi connectivity index (χ3n) is 4.91. The molecule has 0 aliphatic heterocycles. The van der Waals surface area contributed by atoms with Crippen molar-refractivity contribution in [3.05, 3.63) is 35.9 Å². The lowest BCUT2D eigenvalue weighted by Gasteiger charge is -2.29. The summed E-state index contributed by atoms with van der Waals surface area (Å²) in [5.41, 5.74) is 1.29. The molecule has 1 atom stereocenters.